The lowest BCUT2D eigenvalue weighted by Gasteiger charge is -2.28. The number of methoxy groups -OCH3 is 1. The summed E-state index contributed by atoms with van der Waals surface area (Å²) in [5, 5.41) is 9.79. The fraction of sp³-hybridized carbons (Fsp3) is 0.533. The number of aliphatic hydroxyl groups is 1. The Morgan fingerprint density at radius 3 is 2.70 bits per heavy atom. The van der Waals surface area contributed by atoms with E-state index in [0.29, 0.717) is 16.7 Å². The maximum atomic E-state index is 12.3. The number of amides is 1. The molecule has 0 aliphatic carbocycles. The zero-order valence-corrected chi connectivity index (χ0v) is 14.3. The highest BCUT2D eigenvalue weighted by molar-refractivity contribution is 9.10. The first kappa shape index (κ1) is 16.2. The van der Waals surface area contributed by atoms with Crippen LogP contribution < -0.4 is 5.56 Å². The van der Waals surface area contributed by atoms with Gasteiger partial charge in [0.2, 0.25) is 5.91 Å². The Hall–Kier alpha value is -1.67. The van der Waals surface area contributed by atoms with Gasteiger partial charge in [-0.1, -0.05) is 0 Å². The summed E-state index contributed by atoms with van der Waals surface area (Å²) in [4.78, 5) is 38.1. The number of rotatable bonds is 2. The molecule has 1 aromatic rings. The molecule has 1 fully saturated rings. The second-order valence-corrected chi connectivity index (χ2v) is 6.73. The zero-order valence-electron chi connectivity index (χ0n) is 12.7. The van der Waals surface area contributed by atoms with Crippen molar-refractivity contribution in [3.8, 4) is 0 Å². The summed E-state index contributed by atoms with van der Waals surface area (Å²) in [5.41, 5.74) is 0.509. The van der Waals surface area contributed by atoms with Gasteiger partial charge < -0.3 is 19.3 Å². The van der Waals surface area contributed by atoms with E-state index >= 15 is 0 Å². The van der Waals surface area contributed by atoms with E-state index in [1.165, 1.54) is 18.9 Å². The molecule has 2 aliphatic heterocycles. The largest absolute Gasteiger partial charge is 0.467 e. The van der Waals surface area contributed by atoms with Gasteiger partial charge >= 0.3 is 5.97 Å². The molecule has 0 radical (unpaired) electrons. The molecule has 4 atom stereocenters. The lowest BCUT2D eigenvalue weighted by Crippen LogP contribution is -2.45. The Morgan fingerprint density at radius 1 is 1.43 bits per heavy atom. The van der Waals surface area contributed by atoms with E-state index < -0.39 is 24.0 Å². The van der Waals surface area contributed by atoms with Crippen LogP contribution in [0.5, 0.6) is 0 Å². The molecule has 8 heteroatoms. The number of ether oxygens (including phenoxy) is 1. The van der Waals surface area contributed by atoms with E-state index in [1.807, 2.05) is 0 Å². The van der Waals surface area contributed by atoms with Crippen molar-refractivity contribution >= 4 is 27.8 Å². The third-order valence-corrected chi connectivity index (χ3v) is 5.44. The lowest BCUT2D eigenvalue weighted by atomic mass is 9.88. The minimum Gasteiger partial charge on any atom is -0.467 e. The van der Waals surface area contributed by atoms with Crippen molar-refractivity contribution in [2.75, 3.05) is 13.7 Å². The summed E-state index contributed by atoms with van der Waals surface area (Å²) in [6.07, 6.45) is 0. The third-order valence-electron chi connectivity index (χ3n) is 4.84. The van der Waals surface area contributed by atoms with Crippen molar-refractivity contribution < 1.29 is 19.4 Å². The van der Waals surface area contributed by atoms with Crippen LogP contribution >= 0.6 is 15.9 Å². The topological polar surface area (TPSA) is 88.8 Å². The van der Waals surface area contributed by atoms with Crippen LogP contribution in [0.25, 0.3) is 0 Å². The van der Waals surface area contributed by atoms with E-state index in [-0.39, 0.29) is 24.0 Å². The Bertz CT molecular complexity index is 731. The van der Waals surface area contributed by atoms with Crippen LogP contribution in [0.15, 0.2) is 21.4 Å². The van der Waals surface area contributed by atoms with Gasteiger partial charge in [0, 0.05) is 37.6 Å². The highest BCUT2D eigenvalue weighted by Crippen LogP contribution is 2.49. The Morgan fingerprint density at radius 2 is 2.13 bits per heavy atom. The molecular formula is C15H17BrN2O5. The van der Waals surface area contributed by atoms with Crippen molar-refractivity contribution in [3.63, 3.8) is 0 Å². The molecule has 1 aromatic heterocycles. The van der Waals surface area contributed by atoms with Gasteiger partial charge in [0.15, 0.2) is 0 Å². The summed E-state index contributed by atoms with van der Waals surface area (Å²) in [6, 6.07) is 2.19. The minimum absolute atomic E-state index is 0.174. The number of carbonyl (C=O) groups is 2. The second kappa shape index (κ2) is 5.76. The summed E-state index contributed by atoms with van der Waals surface area (Å²) in [6.45, 7) is 1.49. The van der Waals surface area contributed by atoms with Gasteiger partial charge in [-0.05, 0) is 28.1 Å². The quantitative estimate of drug-likeness (QED) is 0.740. The molecule has 1 amide bonds. The van der Waals surface area contributed by atoms with Gasteiger partial charge in [-0.15, -0.1) is 0 Å². The Labute approximate surface area is 141 Å². The normalized spacial score (nSPS) is 28.4. The number of pyridine rings is 1. The molecule has 3 heterocycles. The van der Waals surface area contributed by atoms with Gasteiger partial charge in [0.25, 0.3) is 5.56 Å². The smallest absolute Gasteiger partial charge is 0.328 e. The number of fused-ring (bicyclic) bond motifs is 3. The molecule has 124 valence electrons. The SMILES string of the molecule is COC(=O)[C@H]1[C@H](CO)[C@H]2Cn3c(ccc(Br)c3=O)[C@H]2N1C(C)=O. The molecule has 0 saturated carbocycles. The van der Waals surface area contributed by atoms with Crippen LogP contribution in [-0.2, 0) is 20.9 Å². The summed E-state index contributed by atoms with van der Waals surface area (Å²) < 4.78 is 6.87. The van der Waals surface area contributed by atoms with Crippen LogP contribution in [0.3, 0.4) is 0 Å². The monoisotopic (exact) mass is 384 g/mol. The first-order valence-electron chi connectivity index (χ1n) is 7.29. The van der Waals surface area contributed by atoms with Crippen molar-refractivity contribution in [2.45, 2.75) is 25.6 Å². The summed E-state index contributed by atoms with van der Waals surface area (Å²) in [7, 11) is 1.26. The standard InChI is InChI=1S/C15H17BrN2O5/c1-7(20)18-12-8(9(6-19)13(18)15(22)23-2)5-17-11(12)4-3-10(16)14(17)21/h3-4,8-9,12-13,19H,5-6H2,1-2H3/t8-,9-,12+,13-/m1/s1. The molecule has 1 saturated heterocycles. The molecule has 7 nitrogen and oxygen atoms in total. The average molecular weight is 385 g/mol. The van der Waals surface area contributed by atoms with Crippen LogP contribution in [0.4, 0.5) is 0 Å². The second-order valence-electron chi connectivity index (χ2n) is 5.87. The molecule has 0 aromatic carbocycles. The van der Waals surface area contributed by atoms with E-state index in [2.05, 4.69) is 15.9 Å². The molecular weight excluding hydrogens is 368 g/mol. The van der Waals surface area contributed by atoms with Crippen molar-refractivity contribution in [1.82, 2.24) is 9.47 Å². The predicted octanol–water partition coefficient (Wildman–Crippen LogP) is 0.294. The summed E-state index contributed by atoms with van der Waals surface area (Å²) in [5.74, 6) is -1.49. The number of likely N-dealkylation sites (tertiary alicyclic amines) is 1. The Kier molecular flexibility index (Phi) is 4.05. The van der Waals surface area contributed by atoms with Gasteiger partial charge in [0.1, 0.15) is 6.04 Å². The number of carbonyl (C=O) groups excluding carboxylic acids is 2. The van der Waals surface area contributed by atoms with Gasteiger partial charge in [-0.3, -0.25) is 9.59 Å². The van der Waals surface area contributed by atoms with Gasteiger partial charge in [-0.2, -0.15) is 0 Å². The van der Waals surface area contributed by atoms with E-state index in [4.69, 9.17) is 4.74 Å². The Balaban J connectivity index is 2.15. The number of hydrogen-bond donors (Lipinski definition) is 1. The first-order chi connectivity index (χ1) is 10.9. The highest BCUT2D eigenvalue weighted by Gasteiger charge is 2.57. The zero-order chi connectivity index (χ0) is 16.9. The maximum Gasteiger partial charge on any atom is 0.328 e. The van der Waals surface area contributed by atoms with E-state index in [0.717, 1.165) is 0 Å². The van der Waals surface area contributed by atoms with Crippen LogP contribution in [-0.4, -0.2) is 46.2 Å². The fourth-order valence-corrected chi connectivity index (χ4v) is 4.26. The number of nitrogens with zero attached hydrogens (tertiary/aromatic N) is 2. The number of esters is 1. The van der Waals surface area contributed by atoms with Gasteiger partial charge in [-0.25, -0.2) is 4.79 Å². The molecule has 1 N–H and O–H groups in total. The van der Waals surface area contributed by atoms with Gasteiger partial charge in [0.05, 0.1) is 17.6 Å². The third kappa shape index (κ3) is 2.23. The molecule has 3 rings (SSSR count). The number of aromatic nitrogens is 1. The summed E-state index contributed by atoms with van der Waals surface area (Å²) >= 11 is 3.21. The molecule has 23 heavy (non-hydrogen) atoms. The van der Waals surface area contributed by atoms with Crippen LogP contribution in [0, 0.1) is 11.8 Å². The highest BCUT2D eigenvalue weighted by atomic mass is 79.9. The minimum atomic E-state index is -0.829. The average Bonchev–Trinajstić information content (AvgIpc) is 3.04. The first-order valence-corrected chi connectivity index (χ1v) is 8.08. The fourth-order valence-electron chi connectivity index (χ4n) is 3.91. The van der Waals surface area contributed by atoms with Crippen LogP contribution in [0.1, 0.15) is 18.7 Å². The number of aliphatic hydroxyl groups excluding tert-OH is 1. The van der Waals surface area contributed by atoms with Crippen molar-refractivity contribution in [1.29, 1.82) is 0 Å². The predicted molar refractivity (Wildman–Crippen MR) is 83.5 cm³/mol. The van der Waals surface area contributed by atoms with E-state index in [9.17, 15) is 19.5 Å². The lowest BCUT2D eigenvalue weighted by molar-refractivity contribution is -0.153. The number of halogens is 1. The number of hydrogen-bond acceptors (Lipinski definition) is 5. The molecule has 2 aliphatic rings. The van der Waals surface area contributed by atoms with Crippen LogP contribution in [0.2, 0.25) is 0 Å². The van der Waals surface area contributed by atoms with E-state index in [1.54, 1.807) is 16.7 Å². The van der Waals surface area contributed by atoms with Crippen molar-refractivity contribution in [3.05, 3.63) is 32.7 Å². The molecule has 0 spiro atoms. The molecule has 0 unspecified atom stereocenters. The van der Waals surface area contributed by atoms with Crippen molar-refractivity contribution in [2.24, 2.45) is 11.8 Å². The molecule has 0 bridgehead atoms. The maximum absolute atomic E-state index is 12.3.